The van der Waals surface area contributed by atoms with Crippen LogP contribution in [-0.2, 0) is 0 Å². The van der Waals surface area contributed by atoms with E-state index in [4.69, 9.17) is 16.9 Å². The topological polar surface area (TPSA) is 35.8 Å². The zero-order chi connectivity index (χ0) is 14.8. The minimum atomic E-state index is -4.08. The fraction of sp³-hybridized carbons (Fsp3) is 0.500. The molecule has 2 nitrogen and oxygen atoms in total. The number of nitrogens with one attached hydrogen (secondary N) is 1. The third-order valence-corrected chi connectivity index (χ3v) is 3.96. The molecule has 1 saturated carbocycles. The molecule has 0 aromatic heterocycles. The molecule has 108 valence electrons. The van der Waals surface area contributed by atoms with Gasteiger partial charge in [0, 0.05) is 11.7 Å². The Balaban J connectivity index is 1.93. The van der Waals surface area contributed by atoms with Crippen molar-refractivity contribution in [3.8, 4) is 6.07 Å². The van der Waals surface area contributed by atoms with Crippen LogP contribution in [0, 0.1) is 17.2 Å². The van der Waals surface area contributed by atoms with Gasteiger partial charge in [-0.3, -0.25) is 0 Å². The predicted molar refractivity (Wildman–Crippen MR) is 71.6 cm³/mol. The van der Waals surface area contributed by atoms with Crippen LogP contribution in [0.2, 0.25) is 5.02 Å². The van der Waals surface area contributed by atoms with E-state index in [1.165, 1.54) is 0 Å². The van der Waals surface area contributed by atoms with Gasteiger partial charge in [0.15, 0.2) is 0 Å². The highest BCUT2D eigenvalue weighted by Gasteiger charge is 2.41. The van der Waals surface area contributed by atoms with E-state index in [1.807, 2.05) is 6.07 Å². The summed E-state index contributed by atoms with van der Waals surface area (Å²) in [6.07, 6.45) is -2.79. The molecular formula is C14H14ClF3N2. The van der Waals surface area contributed by atoms with Gasteiger partial charge in [-0.2, -0.15) is 18.4 Å². The molecule has 1 fully saturated rings. The molecule has 1 aromatic carbocycles. The van der Waals surface area contributed by atoms with Crippen molar-refractivity contribution in [2.45, 2.75) is 37.9 Å². The Labute approximate surface area is 120 Å². The van der Waals surface area contributed by atoms with Crippen LogP contribution in [-0.4, -0.2) is 12.2 Å². The van der Waals surface area contributed by atoms with Crippen molar-refractivity contribution in [2.75, 3.05) is 5.32 Å². The van der Waals surface area contributed by atoms with E-state index in [2.05, 4.69) is 5.32 Å². The van der Waals surface area contributed by atoms with Crippen LogP contribution >= 0.6 is 11.6 Å². The fourth-order valence-corrected chi connectivity index (χ4v) is 2.72. The second-order valence-corrected chi connectivity index (χ2v) is 5.45. The quantitative estimate of drug-likeness (QED) is 0.856. The highest BCUT2D eigenvalue weighted by Crippen LogP contribution is 2.38. The van der Waals surface area contributed by atoms with Gasteiger partial charge in [-0.05, 0) is 43.9 Å². The first-order valence-electron chi connectivity index (χ1n) is 6.43. The van der Waals surface area contributed by atoms with Crippen LogP contribution in [0.25, 0.3) is 0 Å². The first-order chi connectivity index (χ1) is 9.40. The molecule has 2 rings (SSSR count). The summed E-state index contributed by atoms with van der Waals surface area (Å²) >= 11 is 5.92. The molecule has 0 spiro atoms. The van der Waals surface area contributed by atoms with E-state index in [1.54, 1.807) is 18.2 Å². The highest BCUT2D eigenvalue weighted by molar-refractivity contribution is 6.32. The zero-order valence-electron chi connectivity index (χ0n) is 10.7. The molecule has 0 aliphatic heterocycles. The summed E-state index contributed by atoms with van der Waals surface area (Å²) in [6.45, 7) is 0. The molecule has 0 saturated heterocycles. The van der Waals surface area contributed by atoms with E-state index < -0.39 is 12.1 Å². The Hall–Kier alpha value is -1.41. The van der Waals surface area contributed by atoms with Crippen LogP contribution in [0.15, 0.2) is 18.2 Å². The number of rotatable bonds is 2. The van der Waals surface area contributed by atoms with E-state index in [9.17, 15) is 13.2 Å². The van der Waals surface area contributed by atoms with Crippen molar-refractivity contribution in [3.63, 3.8) is 0 Å². The number of nitrogens with zero attached hydrogens (tertiary/aromatic N) is 1. The maximum atomic E-state index is 12.6. The van der Waals surface area contributed by atoms with Crippen LogP contribution < -0.4 is 5.32 Å². The number of halogens is 4. The maximum Gasteiger partial charge on any atom is 0.391 e. The smallest absolute Gasteiger partial charge is 0.382 e. The summed E-state index contributed by atoms with van der Waals surface area (Å²) < 4.78 is 37.7. The van der Waals surface area contributed by atoms with Crippen molar-refractivity contribution in [1.82, 2.24) is 0 Å². The molecule has 0 heterocycles. The van der Waals surface area contributed by atoms with Crippen molar-refractivity contribution in [1.29, 1.82) is 5.26 Å². The number of nitriles is 1. The van der Waals surface area contributed by atoms with Crippen molar-refractivity contribution in [3.05, 3.63) is 28.8 Å². The van der Waals surface area contributed by atoms with Crippen LogP contribution in [0.4, 0.5) is 18.9 Å². The Morgan fingerprint density at radius 1 is 1.20 bits per heavy atom. The zero-order valence-corrected chi connectivity index (χ0v) is 11.4. The Morgan fingerprint density at radius 3 is 2.35 bits per heavy atom. The lowest BCUT2D eigenvalue weighted by atomic mass is 9.85. The summed E-state index contributed by atoms with van der Waals surface area (Å²) in [5.74, 6) is -1.18. The summed E-state index contributed by atoms with van der Waals surface area (Å²) in [4.78, 5) is 0. The van der Waals surface area contributed by atoms with E-state index >= 15 is 0 Å². The Bertz CT molecular complexity index is 514. The van der Waals surface area contributed by atoms with E-state index in [0.717, 1.165) is 5.69 Å². The van der Waals surface area contributed by atoms with Crippen molar-refractivity contribution >= 4 is 17.3 Å². The van der Waals surface area contributed by atoms with Gasteiger partial charge in [0.1, 0.15) is 6.07 Å². The van der Waals surface area contributed by atoms with E-state index in [-0.39, 0.29) is 18.9 Å². The summed E-state index contributed by atoms with van der Waals surface area (Å²) in [5.41, 5.74) is 1.13. The third kappa shape index (κ3) is 3.57. The molecule has 1 aliphatic rings. The van der Waals surface area contributed by atoms with Gasteiger partial charge >= 0.3 is 6.18 Å². The molecule has 0 atom stereocenters. The van der Waals surface area contributed by atoms with Crippen molar-refractivity contribution < 1.29 is 13.2 Å². The summed E-state index contributed by atoms with van der Waals surface area (Å²) in [6, 6.07) is 6.95. The fourth-order valence-electron chi connectivity index (χ4n) is 2.50. The number of benzene rings is 1. The molecule has 1 aliphatic carbocycles. The number of hydrogen-bond donors (Lipinski definition) is 1. The van der Waals surface area contributed by atoms with Gasteiger partial charge in [0.05, 0.1) is 16.5 Å². The molecule has 6 heteroatoms. The van der Waals surface area contributed by atoms with Gasteiger partial charge in [-0.1, -0.05) is 11.6 Å². The monoisotopic (exact) mass is 302 g/mol. The number of alkyl halides is 3. The number of anilines is 1. The SMILES string of the molecule is N#Cc1ccc(NC2CCC(C(F)(F)F)CC2)cc1Cl. The molecule has 20 heavy (non-hydrogen) atoms. The first kappa shape index (κ1) is 15.0. The minimum absolute atomic E-state index is 0.0256. The lowest BCUT2D eigenvalue weighted by Gasteiger charge is -2.30. The molecule has 0 unspecified atom stereocenters. The standard InChI is InChI=1S/C14H14ClF3N2/c15-13-7-12(4-1-9(13)8-19)20-11-5-2-10(3-6-11)14(16,17)18/h1,4,7,10-11,20H,2-3,5-6H2. The maximum absolute atomic E-state index is 12.6. The van der Waals surface area contributed by atoms with Gasteiger partial charge < -0.3 is 5.32 Å². The summed E-state index contributed by atoms with van der Waals surface area (Å²) in [7, 11) is 0. The molecule has 1 aromatic rings. The summed E-state index contributed by atoms with van der Waals surface area (Å²) in [5, 5.41) is 12.3. The molecular weight excluding hydrogens is 289 g/mol. The normalized spacial score (nSPS) is 23.1. The van der Waals surface area contributed by atoms with Gasteiger partial charge in [0.2, 0.25) is 0 Å². The van der Waals surface area contributed by atoms with Crippen LogP contribution in [0.1, 0.15) is 31.2 Å². The lowest BCUT2D eigenvalue weighted by Crippen LogP contribution is -2.32. The largest absolute Gasteiger partial charge is 0.391 e. The Kier molecular flexibility index (Phi) is 4.44. The lowest BCUT2D eigenvalue weighted by molar-refractivity contribution is -0.182. The molecule has 0 radical (unpaired) electrons. The van der Waals surface area contributed by atoms with E-state index in [0.29, 0.717) is 23.4 Å². The number of hydrogen-bond acceptors (Lipinski definition) is 2. The molecule has 1 N–H and O–H groups in total. The predicted octanol–water partition coefficient (Wildman–Crippen LogP) is 4.74. The average molecular weight is 303 g/mol. The third-order valence-electron chi connectivity index (χ3n) is 3.65. The van der Waals surface area contributed by atoms with Gasteiger partial charge in [-0.15, -0.1) is 0 Å². The van der Waals surface area contributed by atoms with Crippen LogP contribution in [0.3, 0.4) is 0 Å². The highest BCUT2D eigenvalue weighted by atomic mass is 35.5. The Morgan fingerprint density at radius 2 is 1.85 bits per heavy atom. The first-order valence-corrected chi connectivity index (χ1v) is 6.81. The van der Waals surface area contributed by atoms with Gasteiger partial charge in [0.25, 0.3) is 0 Å². The second kappa shape index (κ2) is 5.92. The molecule has 0 amide bonds. The van der Waals surface area contributed by atoms with Crippen LogP contribution in [0.5, 0.6) is 0 Å². The second-order valence-electron chi connectivity index (χ2n) is 5.04. The van der Waals surface area contributed by atoms with Crippen molar-refractivity contribution in [2.24, 2.45) is 5.92 Å². The minimum Gasteiger partial charge on any atom is -0.382 e. The average Bonchev–Trinajstić information content (AvgIpc) is 2.38. The molecule has 0 bridgehead atoms. The van der Waals surface area contributed by atoms with Gasteiger partial charge in [-0.25, -0.2) is 0 Å².